The maximum Gasteiger partial charge on any atom is 0.319 e. The highest BCUT2D eigenvalue weighted by atomic mass is 32.2. The predicted octanol–water partition coefficient (Wildman–Crippen LogP) is 2.61. The van der Waals surface area contributed by atoms with Crippen molar-refractivity contribution in [3.05, 3.63) is 24.3 Å². The molecule has 0 radical (unpaired) electrons. The first-order chi connectivity index (χ1) is 13.5. The summed E-state index contributed by atoms with van der Waals surface area (Å²) in [5.41, 5.74) is 1.44. The van der Waals surface area contributed by atoms with E-state index < -0.39 is 0 Å². The molecule has 2 fully saturated rings. The van der Waals surface area contributed by atoms with Crippen LogP contribution in [0, 0.1) is 5.92 Å². The van der Waals surface area contributed by atoms with Gasteiger partial charge in [-0.2, -0.15) is 11.8 Å². The monoisotopic (exact) mass is 406 g/mol. The number of benzene rings is 1. The summed E-state index contributed by atoms with van der Waals surface area (Å²) in [6, 6.07) is 6.96. The van der Waals surface area contributed by atoms with Gasteiger partial charge in [-0.1, -0.05) is 13.8 Å². The van der Waals surface area contributed by atoms with Gasteiger partial charge >= 0.3 is 6.03 Å². The van der Waals surface area contributed by atoms with Crippen molar-refractivity contribution in [3.8, 4) is 0 Å². The number of amides is 3. The van der Waals surface area contributed by atoms with Gasteiger partial charge in [0.25, 0.3) is 0 Å². The van der Waals surface area contributed by atoms with Crippen LogP contribution in [-0.2, 0) is 9.53 Å². The predicted molar refractivity (Wildman–Crippen MR) is 114 cm³/mol. The lowest BCUT2D eigenvalue weighted by atomic mass is 9.95. The first-order valence-electron chi connectivity index (χ1n) is 9.85. The normalized spacial score (nSPS) is 22.8. The van der Waals surface area contributed by atoms with Crippen LogP contribution >= 0.6 is 11.8 Å². The highest BCUT2D eigenvalue weighted by molar-refractivity contribution is 7.99. The molecule has 2 aliphatic rings. The van der Waals surface area contributed by atoms with Gasteiger partial charge in [0.2, 0.25) is 5.91 Å². The molecule has 3 rings (SSSR count). The largest absolute Gasteiger partial charge is 0.379 e. The molecule has 2 saturated heterocycles. The number of nitrogens with one attached hydrogen (secondary N) is 3. The number of carbonyl (C=O) groups excluding carboxylic acids is 2. The van der Waals surface area contributed by atoms with Gasteiger partial charge in [0.05, 0.1) is 13.2 Å². The van der Waals surface area contributed by atoms with Crippen molar-refractivity contribution < 1.29 is 14.3 Å². The molecule has 2 aliphatic heterocycles. The molecule has 3 N–H and O–H groups in total. The number of rotatable bonds is 6. The molecule has 1 atom stereocenters. The van der Waals surface area contributed by atoms with Crippen LogP contribution in [0.3, 0.4) is 0 Å². The van der Waals surface area contributed by atoms with E-state index in [1.165, 1.54) is 0 Å². The van der Waals surface area contributed by atoms with E-state index in [0.717, 1.165) is 49.9 Å². The third-order valence-corrected chi connectivity index (χ3v) is 6.51. The number of carbonyl (C=O) groups is 2. The third-order valence-electron chi connectivity index (χ3n) is 5.28. The second-order valence-electron chi connectivity index (χ2n) is 7.66. The van der Waals surface area contributed by atoms with Crippen molar-refractivity contribution in [2.45, 2.75) is 25.8 Å². The van der Waals surface area contributed by atoms with E-state index in [-0.39, 0.29) is 23.4 Å². The second kappa shape index (κ2) is 9.62. The molecule has 154 valence electrons. The van der Waals surface area contributed by atoms with Crippen LogP contribution in [0.2, 0.25) is 0 Å². The van der Waals surface area contributed by atoms with Gasteiger partial charge < -0.3 is 20.7 Å². The zero-order valence-corrected chi connectivity index (χ0v) is 17.4. The number of hydrogen-bond acceptors (Lipinski definition) is 5. The Kier molecular flexibility index (Phi) is 7.20. The molecule has 3 amide bonds. The lowest BCUT2D eigenvalue weighted by Crippen LogP contribution is -2.59. The zero-order valence-electron chi connectivity index (χ0n) is 16.6. The maximum absolute atomic E-state index is 12.4. The molecule has 2 heterocycles. The molecule has 0 bridgehead atoms. The van der Waals surface area contributed by atoms with Gasteiger partial charge in [-0.15, -0.1) is 0 Å². The molecule has 28 heavy (non-hydrogen) atoms. The number of thioether (sulfide) groups is 1. The Hall–Kier alpha value is -1.77. The number of anilines is 2. The van der Waals surface area contributed by atoms with E-state index >= 15 is 0 Å². The molecule has 1 aromatic carbocycles. The van der Waals surface area contributed by atoms with Gasteiger partial charge in [0.1, 0.15) is 0 Å². The quantitative estimate of drug-likeness (QED) is 0.676. The highest BCUT2D eigenvalue weighted by Crippen LogP contribution is 2.33. The van der Waals surface area contributed by atoms with E-state index in [0.29, 0.717) is 12.2 Å². The smallest absolute Gasteiger partial charge is 0.319 e. The summed E-state index contributed by atoms with van der Waals surface area (Å²) in [5, 5.41) is 8.77. The number of hydrogen-bond donors (Lipinski definition) is 3. The Morgan fingerprint density at radius 1 is 1.14 bits per heavy atom. The number of nitrogens with zero attached hydrogens (tertiary/aromatic N) is 1. The van der Waals surface area contributed by atoms with Gasteiger partial charge in [0.15, 0.2) is 0 Å². The average molecular weight is 407 g/mol. The molecular weight excluding hydrogens is 376 g/mol. The van der Waals surface area contributed by atoms with Crippen molar-refractivity contribution in [3.63, 3.8) is 0 Å². The minimum atomic E-state index is -0.205. The molecule has 0 aliphatic carbocycles. The van der Waals surface area contributed by atoms with Crippen LogP contribution in [0.15, 0.2) is 24.3 Å². The molecule has 0 aromatic heterocycles. The van der Waals surface area contributed by atoms with Gasteiger partial charge in [0, 0.05) is 48.2 Å². The third kappa shape index (κ3) is 5.40. The Morgan fingerprint density at radius 3 is 2.36 bits per heavy atom. The van der Waals surface area contributed by atoms with Crippen molar-refractivity contribution in [1.29, 1.82) is 0 Å². The standard InChI is InChI=1S/C20H30N4O3S/c1-15(2)18(25)22-16-3-5-17(6-4-16)23-19(26)21-13-20(7-12-28-14-20)24-8-10-27-11-9-24/h3-6,15H,7-14H2,1-2H3,(H,22,25)(H2,21,23,26). The summed E-state index contributed by atoms with van der Waals surface area (Å²) in [7, 11) is 0. The van der Waals surface area contributed by atoms with Crippen LogP contribution in [0.4, 0.5) is 16.2 Å². The van der Waals surface area contributed by atoms with Crippen LogP contribution in [0.5, 0.6) is 0 Å². The van der Waals surface area contributed by atoms with E-state index in [2.05, 4.69) is 20.9 Å². The molecule has 1 aromatic rings. The molecular formula is C20H30N4O3S. The van der Waals surface area contributed by atoms with Crippen molar-refractivity contribution in [1.82, 2.24) is 10.2 Å². The average Bonchev–Trinajstić information content (AvgIpc) is 3.19. The maximum atomic E-state index is 12.4. The van der Waals surface area contributed by atoms with Gasteiger partial charge in [-0.25, -0.2) is 4.79 Å². The van der Waals surface area contributed by atoms with E-state index in [1.54, 1.807) is 24.3 Å². The van der Waals surface area contributed by atoms with Crippen molar-refractivity contribution >= 4 is 35.1 Å². The Labute approximate surface area is 170 Å². The van der Waals surface area contributed by atoms with Crippen LogP contribution in [0.1, 0.15) is 20.3 Å². The minimum Gasteiger partial charge on any atom is -0.379 e. The zero-order chi connectivity index (χ0) is 20.0. The summed E-state index contributed by atoms with van der Waals surface area (Å²) >= 11 is 1.95. The summed E-state index contributed by atoms with van der Waals surface area (Å²) in [6.45, 7) is 7.70. The molecule has 1 unspecified atom stereocenters. The molecule has 0 saturated carbocycles. The fourth-order valence-electron chi connectivity index (χ4n) is 3.48. The fourth-order valence-corrected chi connectivity index (χ4v) is 4.96. The van der Waals surface area contributed by atoms with E-state index in [4.69, 9.17) is 4.74 Å². The van der Waals surface area contributed by atoms with E-state index in [1.807, 2.05) is 25.6 Å². The van der Waals surface area contributed by atoms with Gasteiger partial charge in [-0.3, -0.25) is 9.69 Å². The number of urea groups is 1. The second-order valence-corrected chi connectivity index (χ2v) is 8.76. The van der Waals surface area contributed by atoms with Crippen LogP contribution in [-0.4, -0.2) is 66.7 Å². The van der Waals surface area contributed by atoms with Gasteiger partial charge in [-0.05, 0) is 36.4 Å². The molecule has 0 spiro atoms. The Balaban J connectivity index is 1.51. The molecule has 7 nitrogen and oxygen atoms in total. The first-order valence-corrected chi connectivity index (χ1v) is 11.0. The lowest BCUT2D eigenvalue weighted by molar-refractivity contribution is -0.118. The first kappa shape index (κ1) is 21.0. The van der Waals surface area contributed by atoms with Crippen molar-refractivity contribution in [2.75, 3.05) is 55.0 Å². The van der Waals surface area contributed by atoms with Crippen LogP contribution < -0.4 is 16.0 Å². The van der Waals surface area contributed by atoms with Crippen LogP contribution in [0.25, 0.3) is 0 Å². The Morgan fingerprint density at radius 2 is 1.79 bits per heavy atom. The van der Waals surface area contributed by atoms with E-state index in [9.17, 15) is 9.59 Å². The van der Waals surface area contributed by atoms with Crippen molar-refractivity contribution in [2.24, 2.45) is 5.92 Å². The summed E-state index contributed by atoms with van der Waals surface area (Å²) in [5.74, 6) is 2.07. The number of ether oxygens (including phenoxy) is 1. The summed E-state index contributed by atoms with van der Waals surface area (Å²) < 4.78 is 5.48. The SMILES string of the molecule is CC(C)C(=O)Nc1ccc(NC(=O)NCC2(N3CCOCC3)CCSC2)cc1. The minimum absolute atomic E-state index is 0.0246. The summed E-state index contributed by atoms with van der Waals surface area (Å²) in [6.07, 6.45) is 1.09. The Bertz CT molecular complexity index is 669. The topological polar surface area (TPSA) is 82.7 Å². The fraction of sp³-hybridized carbons (Fsp3) is 0.600. The lowest BCUT2D eigenvalue weighted by Gasteiger charge is -2.43. The molecule has 8 heteroatoms. The summed E-state index contributed by atoms with van der Waals surface area (Å²) in [4.78, 5) is 26.6. The highest BCUT2D eigenvalue weighted by Gasteiger charge is 2.40. The number of morpholine rings is 1.